The van der Waals surface area contributed by atoms with Gasteiger partial charge in [0, 0.05) is 10.6 Å². The van der Waals surface area contributed by atoms with Crippen molar-refractivity contribution in [1.29, 1.82) is 0 Å². The molecule has 0 aromatic heterocycles. The lowest BCUT2D eigenvalue weighted by molar-refractivity contribution is 0.117. The van der Waals surface area contributed by atoms with Gasteiger partial charge in [0.05, 0.1) is 0 Å². The zero-order valence-corrected chi connectivity index (χ0v) is 10.4. The second-order valence-electron chi connectivity index (χ2n) is 3.66. The summed E-state index contributed by atoms with van der Waals surface area (Å²) in [6.45, 7) is 7.04. The smallest absolute Gasteiger partial charge is 0.405 e. The van der Waals surface area contributed by atoms with Crippen LogP contribution in [0.3, 0.4) is 0 Å². The predicted molar refractivity (Wildman–Crippen MR) is 70.7 cm³/mol. The van der Waals surface area contributed by atoms with Crippen molar-refractivity contribution in [3.8, 4) is 0 Å². The summed E-state index contributed by atoms with van der Waals surface area (Å²) in [5, 5.41) is 21.5. The molecule has 0 heterocycles. The van der Waals surface area contributed by atoms with E-state index in [9.17, 15) is 9.90 Å². The maximum Gasteiger partial charge on any atom is 0.405 e. The zero-order chi connectivity index (χ0) is 13.8. The van der Waals surface area contributed by atoms with Crippen LogP contribution in [-0.2, 0) is 5.54 Å². The fourth-order valence-corrected chi connectivity index (χ4v) is 2.03. The Bertz CT molecular complexity index is 475. The van der Waals surface area contributed by atoms with Gasteiger partial charge in [0.2, 0.25) is 0 Å². The van der Waals surface area contributed by atoms with E-state index < -0.39 is 17.7 Å². The summed E-state index contributed by atoms with van der Waals surface area (Å²) in [7, 11) is 0. The van der Waals surface area contributed by atoms with Crippen molar-refractivity contribution in [2.24, 2.45) is 0 Å². The van der Waals surface area contributed by atoms with E-state index in [-0.39, 0.29) is 0 Å². The standard InChI is InChI=1S/C13H14ClNO3/c1-3-11(16)13(4-2,15-12(17)18)9-7-5-6-8-10(9)14/h3-8,11,15-16H,1-2H2,(H,17,18). The summed E-state index contributed by atoms with van der Waals surface area (Å²) in [5.41, 5.74) is -1.01. The predicted octanol–water partition coefficient (Wildman–Crippen LogP) is 2.54. The molecule has 0 radical (unpaired) electrons. The SMILES string of the molecule is C=CC(O)C(C=C)(NC(=O)O)c1ccccc1Cl. The van der Waals surface area contributed by atoms with E-state index in [0.717, 1.165) is 0 Å². The highest BCUT2D eigenvalue weighted by Gasteiger charge is 2.38. The Morgan fingerprint density at radius 1 is 1.44 bits per heavy atom. The molecule has 2 atom stereocenters. The van der Waals surface area contributed by atoms with E-state index in [1.165, 1.54) is 12.2 Å². The molecule has 1 rings (SSSR count). The number of nitrogens with one attached hydrogen (secondary N) is 1. The van der Waals surface area contributed by atoms with Gasteiger partial charge in [-0.15, -0.1) is 13.2 Å². The van der Waals surface area contributed by atoms with Crippen molar-refractivity contribution >= 4 is 17.7 Å². The maximum absolute atomic E-state index is 10.9. The van der Waals surface area contributed by atoms with E-state index in [2.05, 4.69) is 18.5 Å². The summed E-state index contributed by atoms with van der Waals surface area (Å²) in [6.07, 6.45) is 0.0389. The van der Waals surface area contributed by atoms with Crippen LogP contribution in [0, 0.1) is 0 Å². The van der Waals surface area contributed by atoms with Gasteiger partial charge in [-0.25, -0.2) is 4.79 Å². The monoisotopic (exact) mass is 267 g/mol. The summed E-state index contributed by atoms with van der Waals surface area (Å²) in [5.74, 6) is 0. The van der Waals surface area contributed by atoms with Crippen molar-refractivity contribution in [2.75, 3.05) is 0 Å². The summed E-state index contributed by atoms with van der Waals surface area (Å²) < 4.78 is 0. The van der Waals surface area contributed by atoms with Crippen LogP contribution in [0.2, 0.25) is 5.02 Å². The van der Waals surface area contributed by atoms with Gasteiger partial charge >= 0.3 is 6.09 Å². The van der Waals surface area contributed by atoms with Crippen LogP contribution >= 0.6 is 11.6 Å². The topological polar surface area (TPSA) is 69.6 Å². The molecule has 3 N–H and O–H groups in total. The average molecular weight is 268 g/mol. The van der Waals surface area contributed by atoms with E-state index in [1.807, 2.05) is 0 Å². The fraction of sp³-hybridized carbons (Fsp3) is 0.154. The third-order valence-corrected chi connectivity index (χ3v) is 2.97. The second-order valence-corrected chi connectivity index (χ2v) is 4.07. The molecule has 0 aliphatic rings. The Morgan fingerprint density at radius 3 is 2.50 bits per heavy atom. The summed E-state index contributed by atoms with van der Waals surface area (Å²) >= 11 is 6.05. The van der Waals surface area contributed by atoms with Crippen LogP contribution < -0.4 is 5.32 Å². The molecule has 1 aromatic rings. The van der Waals surface area contributed by atoms with Crippen molar-refractivity contribution < 1.29 is 15.0 Å². The Balaban J connectivity index is 3.44. The van der Waals surface area contributed by atoms with Gasteiger partial charge in [0.1, 0.15) is 11.6 Å². The Hall–Kier alpha value is -1.78. The number of carboxylic acid groups (broad SMARTS) is 1. The number of amides is 1. The number of aliphatic hydroxyl groups is 1. The van der Waals surface area contributed by atoms with Crippen molar-refractivity contribution in [3.05, 3.63) is 60.2 Å². The Morgan fingerprint density at radius 2 is 2.06 bits per heavy atom. The van der Waals surface area contributed by atoms with Crippen molar-refractivity contribution in [1.82, 2.24) is 5.32 Å². The molecule has 0 fully saturated rings. The molecular formula is C13H14ClNO3. The molecule has 0 spiro atoms. The molecule has 96 valence electrons. The van der Waals surface area contributed by atoms with Crippen molar-refractivity contribution in [2.45, 2.75) is 11.6 Å². The number of rotatable bonds is 5. The molecule has 1 aromatic carbocycles. The third kappa shape index (κ3) is 2.55. The van der Waals surface area contributed by atoms with Gasteiger partial charge in [-0.3, -0.25) is 0 Å². The van der Waals surface area contributed by atoms with E-state index in [4.69, 9.17) is 16.7 Å². The first kappa shape index (κ1) is 14.3. The molecule has 0 bridgehead atoms. The van der Waals surface area contributed by atoms with E-state index in [1.54, 1.807) is 24.3 Å². The van der Waals surface area contributed by atoms with Crippen LogP contribution in [0.4, 0.5) is 4.79 Å². The average Bonchev–Trinajstić information content (AvgIpc) is 2.35. The number of carbonyl (C=O) groups is 1. The minimum atomic E-state index is -1.42. The van der Waals surface area contributed by atoms with Gasteiger partial charge < -0.3 is 15.5 Å². The highest BCUT2D eigenvalue weighted by atomic mass is 35.5. The van der Waals surface area contributed by atoms with Crippen LogP contribution in [0.25, 0.3) is 0 Å². The quantitative estimate of drug-likeness (QED) is 0.718. The van der Waals surface area contributed by atoms with E-state index >= 15 is 0 Å². The molecular weight excluding hydrogens is 254 g/mol. The number of aliphatic hydroxyl groups excluding tert-OH is 1. The molecule has 1 amide bonds. The highest BCUT2D eigenvalue weighted by molar-refractivity contribution is 6.31. The Kier molecular flexibility index (Phi) is 4.53. The second kappa shape index (κ2) is 5.71. The van der Waals surface area contributed by atoms with Gasteiger partial charge in [0.15, 0.2) is 0 Å². The first-order valence-corrected chi connectivity index (χ1v) is 5.56. The molecule has 4 nitrogen and oxygen atoms in total. The molecule has 0 aliphatic carbocycles. The Labute approximate surface area is 110 Å². The first-order chi connectivity index (χ1) is 8.47. The number of benzene rings is 1. The number of halogens is 1. The lowest BCUT2D eigenvalue weighted by Gasteiger charge is -2.34. The summed E-state index contributed by atoms with van der Waals surface area (Å²) in [4.78, 5) is 10.9. The van der Waals surface area contributed by atoms with Crippen molar-refractivity contribution in [3.63, 3.8) is 0 Å². The fourth-order valence-electron chi connectivity index (χ4n) is 1.74. The number of hydrogen-bond donors (Lipinski definition) is 3. The largest absolute Gasteiger partial charge is 0.465 e. The zero-order valence-electron chi connectivity index (χ0n) is 9.64. The van der Waals surface area contributed by atoms with Gasteiger partial charge in [-0.2, -0.15) is 0 Å². The van der Waals surface area contributed by atoms with Crippen LogP contribution in [0.1, 0.15) is 5.56 Å². The third-order valence-electron chi connectivity index (χ3n) is 2.65. The summed E-state index contributed by atoms with van der Waals surface area (Å²) in [6, 6.07) is 6.63. The van der Waals surface area contributed by atoms with Gasteiger partial charge in [0.25, 0.3) is 0 Å². The molecule has 0 saturated carbocycles. The molecule has 2 unspecified atom stereocenters. The van der Waals surface area contributed by atoms with Crippen LogP contribution in [-0.4, -0.2) is 22.4 Å². The van der Waals surface area contributed by atoms with Gasteiger partial charge in [-0.05, 0) is 6.07 Å². The molecule has 18 heavy (non-hydrogen) atoms. The van der Waals surface area contributed by atoms with Crippen LogP contribution in [0.5, 0.6) is 0 Å². The lowest BCUT2D eigenvalue weighted by atomic mass is 9.84. The molecule has 0 aliphatic heterocycles. The highest BCUT2D eigenvalue weighted by Crippen LogP contribution is 2.32. The minimum absolute atomic E-state index is 0.326. The minimum Gasteiger partial charge on any atom is -0.465 e. The van der Waals surface area contributed by atoms with E-state index in [0.29, 0.717) is 10.6 Å². The normalized spacial score (nSPS) is 15.2. The number of hydrogen-bond acceptors (Lipinski definition) is 2. The maximum atomic E-state index is 10.9. The lowest BCUT2D eigenvalue weighted by Crippen LogP contribution is -2.51. The van der Waals surface area contributed by atoms with Gasteiger partial charge in [-0.1, -0.05) is 42.0 Å². The van der Waals surface area contributed by atoms with Crippen LogP contribution in [0.15, 0.2) is 49.6 Å². The molecule has 0 saturated heterocycles. The molecule has 5 heteroatoms. The first-order valence-electron chi connectivity index (χ1n) is 5.18.